The van der Waals surface area contributed by atoms with E-state index in [9.17, 15) is 19.5 Å². The molecule has 2 saturated carbocycles. The minimum absolute atomic E-state index is 0.000879. The fraction of sp³-hybridized carbons (Fsp3) is 0.423. The summed E-state index contributed by atoms with van der Waals surface area (Å²) < 4.78 is 5.49. The van der Waals surface area contributed by atoms with E-state index in [0.717, 1.165) is 24.0 Å². The summed E-state index contributed by atoms with van der Waals surface area (Å²) in [5.41, 5.74) is 4.66. The molecule has 2 fully saturated rings. The van der Waals surface area contributed by atoms with Crippen molar-refractivity contribution in [2.45, 2.75) is 37.6 Å². The second-order valence-corrected chi connectivity index (χ2v) is 9.34. The lowest BCUT2D eigenvalue weighted by Gasteiger charge is -2.40. The maximum absolute atomic E-state index is 12.3. The first-order valence-corrected chi connectivity index (χ1v) is 11.6. The van der Waals surface area contributed by atoms with Crippen LogP contribution in [0.5, 0.6) is 0 Å². The summed E-state index contributed by atoms with van der Waals surface area (Å²) in [6.07, 6.45) is 1.84. The Hall–Kier alpha value is -3.35. The molecule has 3 aliphatic carbocycles. The van der Waals surface area contributed by atoms with Crippen molar-refractivity contribution in [3.8, 4) is 11.1 Å². The Kier molecular flexibility index (Phi) is 5.79. The van der Waals surface area contributed by atoms with Crippen LogP contribution in [0.2, 0.25) is 0 Å². The van der Waals surface area contributed by atoms with Gasteiger partial charge >= 0.3 is 12.1 Å². The van der Waals surface area contributed by atoms with Crippen LogP contribution in [0.3, 0.4) is 0 Å². The molecule has 0 spiro atoms. The summed E-state index contributed by atoms with van der Waals surface area (Å²) in [6.45, 7) is 0.434. The Morgan fingerprint density at radius 3 is 2.27 bits per heavy atom. The summed E-state index contributed by atoms with van der Waals surface area (Å²) in [6, 6.07) is 16.4. The molecule has 2 aromatic rings. The normalized spacial score (nSPS) is 24.7. The molecule has 2 amide bonds. The number of aliphatic carboxylic acids is 1. The number of benzene rings is 2. The van der Waals surface area contributed by atoms with E-state index >= 15 is 0 Å². The predicted octanol–water partition coefficient (Wildman–Crippen LogP) is 3.53. The van der Waals surface area contributed by atoms with Crippen LogP contribution in [-0.4, -0.2) is 42.3 Å². The van der Waals surface area contributed by atoms with Crippen molar-refractivity contribution in [2.75, 3.05) is 13.2 Å². The molecular formula is C26H28N2O5. The Morgan fingerprint density at radius 2 is 1.61 bits per heavy atom. The van der Waals surface area contributed by atoms with Crippen LogP contribution in [0.1, 0.15) is 42.7 Å². The molecule has 4 atom stereocenters. The molecule has 33 heavy (non-hydrogen) atoms. The summed E-state index contributed by atoms with van der Waals surface area (Å²) >= 11 is 0. The van der Waals surface area contributed by atoms with Gasteiger partial charge in [0.05, 0.1) is 5.92 Å². The lowest BCUT2D eigenvalue weighted by molar-refractivity contribution is -0.141. The number of fused-ring (bicyclic) bond motifs is 4. The average molecular weight is 449 g/mol. The number of carbonyl (C=O) groups is 3. The second kappa shape index (κ2) is 8.89. The van der Waals surface area contributed by atoms with Crippen molar-refractivity contribution < 1.29 is 24.2 Å². The average Bonchev–Trinajstić information content (AvgIpc) is 3.31. The van der Waals surface area contributed by atoms with Crippen LogP contribution >= 0.6 is 0 Å². The maximum atomic E-state index is 12.3. The molecule has 7 heteroatoms. The molecule has 2 aromatic carbocycles. The number of ether oxygens (including phenoxy) is 1. The van der Waals surface area contributed by atoms with Gasteiger partial charge in [-0.2, -0.15) is 0 Å². The van der Waals surface area contributed by atoms with Crippen molar-refractivity contribution in [1.29, 1.82) is 0 Å². The molecule has 4 unspecified atom stereocenters. The predicted molar refractivity (Wildman–Crippen MR) is 122 cm³/mol. The Bertz CT molecular complexity index is 1040. The van der Waals surface area contributed by atoms with Crippen molar-refractivity contribution in [2.24, 2.45) is 17.8 Å². The zero-order chi connectivity index (χ0) is 22.9. The number of carboxylic acid groups (broad SMARTS) is 1. The molecule has 0 aromatic heterocycles. The molecule has 3 N–H and O–H groups in total. The van der Waals surface area contributed by atoms with E-state index in [1.807, 2.05) is 24.3 Å². The number of carboxylic acids is 1. The van der Waals surface area contributed by atoms with E-state index in [2.05, 4.69) is 34.9 Å². The molecule has 5 rings (SSSR count). The van der Waals surface area contributed by atoms with E-state index in [-0.39, 0.29) is 49.3 Å². The summed E-state index contributed by atoms with van der Waals surface area (Å²) in [5, 5.41) is 14.8. The molecule has 3 aliphatic rings. The minimum atomic E-state index is -0.734. The van der Waals surface area contributed by atoms with Crippen molar-refractivity contribution in [1.82, 2.24) is 10.6 Å². The number of nitrogens with one attached hydrogen (secondary N) is 2. The van der Waals surface area contributed by atoms with E-state index in [4.69, 9.17) is 4.74 Å². The van der Waals surface area contributed by atoms with Gasteiger partial charge in [0, 0.05) is 24.9 Å². The van der Waals surface area contributed by atoms with Crippen LogP contribution in [0, 0.1) is 17.8 Å². The van der Waals surface area contributed by atoms with Gasteiger partial charge in [-0.05, 0) is 53.4 Å². The van der Waals surface area contributed by atoms with E-state index in [1.165, 1.54) is 11.1 Å². The van der Waals surface area contributed by atoms with E-state index < -0.39 is 12.1 Å². The number of hydrogen-bond donors (Lipinski definition) is 3. The quantitative estimate of drug-likeness (QED) is 0.601. The molecule has 7 nitrogen and oxygen atoms in total. The highest BCUT2D eigenvalue weighted by Crippen LogP contribution is 2.49. The van der Waals surface area contributed by atoms with E-state index in [1.54, 1.807) is 0 Å². The summed E-state index contributed by atoms with van der Waals surface area (Å²) in [5.74, 6) is -0.463. The monoisotopic (exact) mass is 448 g/mol. The molecule has 0 aliphatic heterocycles. The number of hydrogen-bond acceptors (Lipinski definition) is 4. The molecule has 0 radical (unpaired) electrons. The van der Waals surface area contributed by atoms with Crippen LogP contribution in [0.25, 0.3) is 11.1 Å². The summed E-state index contributed by atoms with van der Waals surface area (Å²) in [4.78, 5) is 35.7. The second-order valence-electron chi connectivity index (χ2n) is 9.34. The third-order valence-corrected chi connectivity index (χ3v) is 7.48. The van der Waals surface area contributed by atoms with Crippen molar-refractivity contribution >= 4 is 18.0 Å². The first kappa shape index (κ1) is 21.5. The van der Waals surface area contributed by atoms with Crippen LogP contribution in [-0.2, 0) is 14.3 Å². The zero-order valence-corrected chi connectivity index (χ0v) is 18.3. The number of rotatable bonds is 7. The van der Waals surface area contributed by atoms with Gasteiger partial charge in [0.15, 0.2) is 0 Å². The highest BCUT2D eigenvalue weighted by Gasteiger charge is 2.49. The largest absolute Gasteiger partial charge is 0.481 e. The number of amides is 2. The third-order valence-electron chi connectivity index (χ3n) is 7.48. The molecule has 0 heterocycles. The first-order valence-electron chi connectivity index (χ1n) is 11.6. The zero-order valence-electron chi connectivity index (χ0n) is 18.3. The lowest BCUT2D eigenvalue weighted by Crippen LogP contribution is -2.50. The van der Waals surface area contributed by atoms with Gasteiger partial charge in [-0.3, -0.25) is 9.59 Å². The summed E-state index contributed by atoms with van der Waals surface area (Å²) in [7, 11) is 0. The fourth-order valence-corrected chi connectivity index (χ4v) is 5.80. The minimum Gasteiger partial charge on any atom is -0.481 e. The maximum Gasteiger partial charge on any atom is 0.407 e. The highest BCUT2D eigenvalue weighted by molar-refractivity contribution is 5.79. The van der Waals surface area contributed by atoms with Gasteiger partial charge in [0.1, 0.15) is 6.61 Å². The van der Waals surface area contributed by atoms with Crippen molar-refractivity contribution in [3.05, 3.63) is 59.7 Å². The third kappa shape index (κ3) is 4.19. The van der Waals surface area contributed by atoms with Gasteiger partial charge in [0.25, 0.3) is 0 Å². The van der Waals surface area contributed by atoms with Gasteiger partial charge in [-0.1, -0.05) is 48.5 Å². The lowest BCUT2D eigenvalue weighted by atomic mass is 9.71. The fourth-order valence-electron chi connectivity index (χ4n) is 5.80. The molecule has 0 bridgehead atoms. The molecule has 0 saturated heterocycles. The number of alkyl carbamates (subject to hydrolysis) is 1. The number of carbonyl (C=O) groups excluding carboxylic acids is 2. The SMILES string of the molecule is O=C(CCNC(=O)OCC1c2ccccc2-c2ccccc21)NC1CC2CC(C(=O)O)CC21. The Balaban J connectivity index is 1.05. The van der Waals surface area contributed by atoms with Gasteiger partial charge in [-0.25, -0.2) is 4.79 Å². The van der Waals surface area contributed by atoms with Gasteiger partial charge < -0.3 is 20.5 Å². The smallest absolute Gasteiger partial charge is 0.407 e. The Labute approximate surface area is 192 Å². The molecular weight excluding hydrogens is 420 g/mol. The Morgan fingerprint density at radius 1 is 0.939 bits per heavy atom. The van der Waals surface area contributed by atoms with Crippen molar-refractivity contribution in [3.63, 3.8) is 0 Å². The highest BCUT2D eigenvalue weighted by atomic mass is 16.5. The molecule has 172 valence electrons. The first-order chi connectivity index (χ1) is 16.0. The van der Waals surface area contributed by atoms with E-state index in [0.29, 0.717) is 12.3 Å². The van der Waals surface area contributed by atoms with Gasteiger partial charge in [0.2, 0.25) is 5.91 Å². The van der Waals surface area contributed by atoms with Crippen LogP contribution < -0.4 is 10.6 Å². The van der Waals surface area contributed by atoms with Crippen LogP contribution in [0.4, 0.5) is 4.79 Å². The van der Waals surface area contributed by atoms with Crippen LogP contribution in [0.15, 0.2) is 48.5 Å². The standard InChI is InChI=1S/C26H28N2O5/c29-24(28-23-13-15-11-16(25(30)31)12-21(15)23)9-10-27-26(32)33-14-22-19-7-3-1-5-17(19)18-6-2-4-8-20(18)22/h1-8,15-16,21-23H,9-14H2,(H,27,32)(H,28,29)(H,30,31). The van der Waals surface area contributed by atoms with Gasteiger partial charge in [-0.15, -0.1) is 0 Å². The topological polar surface area (TPSA) is 105 Å².